The van der Waals surface area contributed by atoms with Gasteiger partial charge in [-0.2, -0.15) is 0 Å². The fourth-order valence-corrected chi connectivity index (χ4v) is 9.43. The van der Waals surface area contributed by atoms with E-state index in [1.165, 1.54) is 19.8 Å². The van der Waals surface area contributed by atoms with Crippen LogP contribution >= 0.6 is 0 Å². The molecular weight excluding hydrogens is 456 g/mol. The smallest absolute Gasteiger partial charge is 0.303 e. The van der Waals surface area contributed by atoms with Crippen LogP contribution in [0, 0.1) is 40.4 Å². The van der Waals surface area contributed by atoms with Gasteiger partial charge < -0.3 is 24.8 Å². The summed E-state index contributed by atoms with van der Waals surface area (Å²) < 4.78 is 12.2. The Kier molecular flexibility index (Phi) is 6.51. The number of aliphatic hydroxyl groups excluding tert-OH is 1. The lowest BCUT2D eigenvalue weighted by atomic mass is 9.43. The van der Waals surface area contributed by atoms with Gasteiger partial charge in [0, 0.05) is 13.3 Å². The first-order valence-corrected chi connectivity index (χ1v) is 14.4. The SMILES string of the molecule is CC(=O)O[C@H]1C=C2[C@@H]3CC[C@H]([C@H](C)CC[C@@H](C)C(C)C)[C@@]3(C)C[C@@H]3OC[C@@]4(CC[C@H](O)C[C@]14O)[C@]23O. The molecule has 4 fully saturated rings. The zero-order valence-electron chi connectivity index (χ0n) is 23.1. The summed E-state index contributed by atoms with van der Waals surface area (Å²) in [5, 5.41) is 35.3. The van der Waals surface area contributed by atoms with Crippen molar-refractivity contribution in [1.82, 2.24) is 0 Å². The van der Waals surface area contributed by atoms with E-state index in [4.69, 9.17) is 9.47 Å². The Morgan fingerprint density at radius 2 is 1.86 bits per heavy atom. The number of hydrogen-bond acceptors (Lipinski definition) is 6. The highest BCUT2D eigenvalue weighted by atomic mass is 16.6. The maximum Gasteiger partial charge on any atom is 0.303 e. The van der Waals surface area contributed by atoms with Gasteiger partial charge in [0.05, 0.1) is 24.2 Å². The van der Waals surface area contributed by atoms with E-state index in [0.29, 0.717) is 36.5 Å². The van der Waals surface area contributed by atoms with Gasteiger partial charge in [0.25, 0.3) is 0 Å². The van der Waals surface area contributed by atoms with Gasteiger partial charge in [0.15, 0.2) is 0 Å². The molecule has 0 bridgehead atoms. The average molecular weight is 505 g/mol. The molecule has 3 N–H and O–H groups in total. The van der Waals surface area contributed by atoms with E-state index in [0.717, 1.165) is 24.8 Å². The van der Waals surface area contributed by atoms with Gasteiger partial charge in [0.1, 0.15) is 17.3 Å². The van der Waals surface area contributed by atoms with Gasteiger partial charge in [-0.1, -0.05) is 47.5 Å². The maximum atomic E-state index is 12.6. The van der Waals surface area contributed by atoms with Gasteiger partial charge in [-0.05, 0) is 78.8 Å². The van der Waals surface area contributed by atoms with Gasteiger partial charge in [-0.15, -0.1) is 0 Å². The average Bonchev–Trinajstić information content (AvgIpc) is 3.28. The first-order chi connectivity index (χ1) is 16.8. The van der Waals surface area contributed by atoms with Crippen molar-refractivity contribution in [2.24, 2.45) is 40.4 Å². The molecule has 1 saturated heterocycles. The van der Waals surface area contributed by atoms with Crippen molar-refractivity contribution in [3.63, 3.8) is 0 Å². The number of esters is 1. The topological polar surface area (TPSA) is 96.2 Å². The molecule has 0 aromatic rings. The van der Waals surface area contributed by atoms with Gasteiger partial charge in [-0.3, -0.25) is 4.79 Å². The molecule has 0 radical (unpaired) electrons. The molecule has 36 heavy (non-hydrogen) atoms. The highest BCUT2D eigenvalue weighted by Gasteiger charge is 2.79. The second-order valence-electron chi connectivity index (χ2n) is 13.8. The number of carbonyl (C=O) groups excluding carboxylic acids is 1. The lowest BCUT2D eigenvalue weighted by Crippen LogP contribution is -2.75. The number of ether oxygens (including phenoxy) is 2. The fourth-order valence-electron chi connectivity index (χ4n) is 9.43. The van der Waals surface area contributed by atoms with E-state index in [1.807, 2.05) is 6.08 Å². The molecule has 204 valence electrons. The minimum atomic E-state index is -1.56. The van der Waals surface area contributed by atoms with Crippen molar-refractivity contribution in [2.75, 3.05) is 6.61 Å². The summed E-state index contributed by atoms with van der Waals surface area (Å²) in [5.74, 6) is 2.22. The predicted molar refractivity (Wildman–Crippen MR) is 137 cm³/mol. The Morgan fingerprint density at radius 1 is 1.14 bits per heavy atom. The van der Waals surface area contributed by atoms with Gasteiger partial charge in [-0.25, -0.2) is 0 Å². The normalized spacial score (nSPS) is 49.1. The Labute approximate surface area is 216 Å². The minimum absolute atomic E-state index is 0.0147. The monoisotopic (exact) mass is 504 g/mol. The minimum Gasteiger partial charge on any atom is -0.455 e. The number of aliphatic hydroxyl groups is 3. The first-order valence-electron chi connectivity index (χ1n) is 14.4. The van der Waals surface area contributed by atoms with Crippen molar-refractivity contribution >= 4 is 5.97 Å². The molecule has 0 aromatic carbocycles. The van der Waals surface area contributed by atoms with Crippen LogP contribution in [0.1, 0.15) is 92.9 Å². The fraction of sp³-hybridized carbons (Fsp3) is 0.900. The summed E-state index contributed by atoms with van der Waals surface area (Å²) in [6.45, 7) is 13.3. The molecular formula is C30H48O6. The molecule has 3 saturated carbocycles. The molecule has 0 unspecified atom stereocenters. The Bertz CT molecular complexity index is 915. The van der Waals surface area contributed by atoms with E-state index >= 15 is 0 Å². The lowest BCUT2D eigenvalue weighted by Gasteiger charge is -2.64. The van der Waals surface area contributed by atoms with Crippen molar-refractivity contribution in [2.45, 2.75) is 122 Å². The van der Waals surface area contributed by atoms with Crippen LogP contribution in [-0.2, 0) is 14.3 Å². The molecule has 0 amide bonds. The molecule has 6 nitrogen and oxygen atoms in total. The van der Waals surface area contributed by atoms with Crippen LogP contribution < -0.4 is 0 Å². The second kappa shape index (κ2) is 8.79. The number of rotatable bonds is 6. The highest BCUT2D eigenvalue weighted by Crippen LogP contribution is 2.72. The van der Waals surface area contributed by atoms with Crippen LogP contribution in [0.15, 0.2) is 11.6 Å². The first kappa shape index (κ1) is 26.6. The quantitative estimate of drug-likeness (QED) is 0.367. The number of hydrogen-bond donors (Lipinski definition) is 3. The van der Waals surface area contributed by atoms with Gasteiger partial charge in [0.2, 0.25) is 0 Å². The lowest BCUT2D eigenvalue weighted by molar-refractivity contribution is -0.254. The molecule has 5 aliphatic rings. The van der Waals surface area contributed by atoms with Crippen LogP contribution in [0.4, 0.5) is 0 Å². The van der Waals surface area contributed by atoms with E-state index in [2.05, 4.69) is 34.6 Å². The third-order valence-corrected chi connectivity index (χ3v) is 11.9. The van der Waals surface area contributed by atoms with E-state index in [9.17, 15) is 20.1 Å². The van der Waals surface area contributed by atoms with Crippen molar-refractivity contribution in [1.29, 1.82) is 0 Å². The molecule has 6 heteroatoms. The van der Waals surface area contributed by atoms with Crippen LogP contribution in [0.25, 0.3) is 0 Å². The van der Waals surface area contributed by atoms with Crippen LogP contribution in [0.2, 0.25) is 0 Å². The summed E-state index contributed by atoms with van der Waals surface area (Å²) in [4.78, 5) is 12.1. The van der Waals surface area contributed by atoms with Crippen LogP contribution in [0.5, 0.6) is 0 Å². The Balaban J connectivity index is 1.53. The standard InChI is InChI=1S/C30H48O6/c1-17(2)18(3)7-8-19(4)22-9-10-23-24-13-25(36-20(5)31)29(33)14-21(32)11-12-28(29)16-35-26(30(24,28)34)15-27(22,23)6/h13,17-19,21-23,25-26,32-34H,7-12,14-16H2,1-6H3/t18-,19-,21+,22-,23+,25+,26+,27-,28-,29+,30+/m1/s1. The largest absolute Gasteiger partial charge is 0.455 e. The summed E-state index contributed by atoms with van der Waals surface area (Å²) >= 11 is 0. The molecule has 1 heterocycles. The number of carbonyl (C=O) groups is 1. The second-order valence-corrected chi connectivity index (χ2v) is 13.8. The third-order valence-electron chi connectivity index (χ3n) is 11.9. The van der Waals surface area contributed by atoms with Crippen molar-refractivity contribution in [3.8, 4) is 0 Å². The Morgan fingerprint density at radius 3 is 2.53 bits per heavy atom. The predicted octanol–water partition coefficient (Wildman–Crippen LogP) is 4.39. The molecule has 4 aliphatic carbocycles. The molecule has 11 atom stereocenters. The molecule has 1 aliphatic heterocycles. The summed E-state index contributed by atoms with van der Waals surface area (Å²) in [7, 11) is 0. The van der Waals surface area contributed by atoms with Crippen LogP contribution in [0.3, 0.4) is 0 Å². The summed E-state index contributed by atoms with van der Waals surface area (Å²) in [6, 6.07) is 0. The molecule has 5 rings (SSSR count). The number of fused-ring (bicyclic) bond motifs is 2. The van der Waals surface area contributed by atoms with Crippen molar-refractivity contribution < 1.29 is 29.6 Å². The maximum absolute atomic E-state index is 12.6. The molecule has 0 aromatic heterocycles. The van der Waals surface area contributed by atoms with E-state index < -0.39 is 40.9 Å². The van der Waals surface area contributed by atoms with Gasteiger partial charge >= 0.3 is 5.97 Å². The van der Waals surface area contributed by atoms with E-state index in [-0.39, 0.29) is 24.4 Å². The summed E-state index contributed by atoms with van der Waals surface area (Å²) in [5.41, 5.74) is -2.93. The zero-order chi connectivity index (χ0) is 26.3. The van der Waals surface area contributed by atoms with E-state index in [1.54, 1.807) is 0 Å². The van der Waals surface area contributed by atoms with Crippen molar-refractivity contribution in [3.05, 3.63) is 11.6 Å². The highest BCUT2D eigenvalue weighted by molar-refractivity contribution is 5.67. The van der Waals surface area contributed by atoms with Crippen LogP contribution in [-0.4, -0.2) is 57.4 Å². The molecule has 1 spiro atoms. The Hall–Kier alpha value is -0.950. The third kappa shape index (κ3) is 3.46. The zero-order valence-corrected chi connectivity index (χ0v) is 23.1. The summed E-state index contributed by atoms with van der Waals surface area (Å²) in [6.07, 6.45) is 6.23.